The predicted molar refractivity (Wildman–Crippen MR) is 35.9 cm³/mol. The minimum atomic E-state index is 0.942. The minimum Gasteiger partial charge on any atom is -0.0884 e. The van der Waals surface area contributed by atoms with Gasteiger partial charge < -0.3 is 0 Å². The predicted octanol–water partition coefficient (Wildman–Crippen LogP) is 2.04. The molecule has 4 bridgehead atoms. The van der Waals surface area contributed by atoms with E-state index < -0.39 is 0 Å². The molecule has 4 aliphatic rings. The molecular weight excluding hydrogens is 164 g/mol. The smallest absolute Gasteiger partial charge is 0.0208 e. The van der Waals surface area contributed by atoms with Crippen molar-refractivity contribution in [1.82, 2.24) is 0 Å². The zero-order valence-corrected chi connectivity index (χ0v) is 6.26. The molecule has 0 radical (unpaired) electrons. The minimum absolute atomic E-state index is 0.942. The number of alkyl halides is 1. The van der Waals surface area contributed by atoms with Crippen LogP contribution < -0.4 is 0 Å². The molecule has 4 aliphatic carbocycles. The Bertz CT molecular complexity index is 129. The van der Waals surface area contributed by atoms with Crippen LogP contribution in [0.3, 0.4) is 0 Å². The molecule has 0 aromatic carbocycles. The van der Waals surface area contributed by atoms with Crippen molar-refractivity contribution >= 4 is 15.9 Å². The number of hydrogen-bond acceptors (Lipinski definition) is 0. The quantitative estimate of drug-likeness (QED) is 0.491. The van der Waals surface area contributed by atoms with Crippen LogP contribution in [-0.2, 0) is 0 Å². The lowest BCUT2D eigenvalue weighted by molar-refractivity contribution is 0.620. The van der Waals surface area contributed by atoms with Crippen LogP contribution in [0.15, 0.2) is 0 Å². The van der Waals surface area contributed by atoms with Gasteiger partial charge in [-0.2, -0.15) is 0 Å². The largest absolute Gasteiger partial charge is 0.0884 e. The number of rotatable bonds is 0. The maximum Gasteiger partial charge on any atom is 0.0208 e. The molecule has 8 heavy (non-hydrogen) atoms. The topological polar surface area (TPSA) is 0 Å². The normalized spacial score (nSPS) is 73.9. The summed E-state index contributed by atoms with van der Waals surface area (Å²) in [6.45, 7) is 0. The van der Waals surface area contributed by atoms with Crippen molar-refractivity contribution in [3.05, 3.63) is 0 Å². The molecule has 0 N–H and O–H groups in total. The van der Waals surface area contributed by atoms with E-state index in [1.165, 1.54) is 11.8 Å². The van der Waals surface area contributed by atoms with E-state index in [9.17, 15) is 0 Å². The van der Waals surface area contributed by atoms with Crippen molar-refractivity contribution < 1.29 is 0 Å². The fourth-order valence-electron chi connectivity index (χ4n) is 2.98. The highest BCUT2D eigenvalue weighted by Gasteiger charge is 2.67. The van der Waals surface area contributed by atoms with Gasteiger partial charge in [0.2, 0.25) is 0 Å². The maximum absolute atomic E-state index is 3.75. The Balaban J connectivity index is 2.10. The fourth-order valence-corrected chi connectivity index (χ4v) is 4.20. The van der Waals surface area contributed by atoms with Gasteiger partial charge in [0.05, 0.1) is 0 Å². The molecule has 3 unspecified atom stereocenters. The van der Waals surface area contributed by atoms with Crippen LogP contribution in [0.1, 0.15) is 12.8 Å². The van der Waals surface area contributed by atoms with E-state index in [-0.39, 0.29) is 0 Å². The van der Waals surface area contributed by atoms with Gasteiger partial charge in [-0.25, -0.2) is 0 Å². The molecule has 4 fully saturated rings. The highest BCUT2D eigenvalue weighted by molar-refractivity contribution is 9.09. The van der Waals surface area contributed by atoms with Crippen LogP contribution in [0.5, 0.6) is 0 Å². The second-order valence-electron chi connectivity index (χ2n) is 3.58. The molecule has 44 valence electrons. The summed E-state index contributed by atoms with van der Waals surface area (Å²) < 4.78 is 0. The van der Waals surface area contributed by atoms with Gasteiger partial charge >= 0.3 is 0 Å². The third kappa shape index (κ3) is 0.278. The van der Waals surface area contributed by atoms with Gasteiger partial charge in [-0.3, -0.25) is 0 Å². The lowest BCUT2D eigenvalue weighted by atomic mass is 10.1. The van der Waals surface area contributed by atoms with Crippen LogP contribution in [0.4, 0.5) is 0 Å². The molecule has 0 amide bonds. The first-order valence-corrected chi connectivity index (χ1v) is 4.43. The second kappa shape index (κ2) is 1.03. The van der Waals surface area contributed by atoms with Gasteiger partial charge in [0.25, 0.3) is 0 Å². The summed E-state index contributed by atoms with van der Waals surface area (Å²) in [5.41, 5.74) is 0. The van der Waals surface area contributed by atoms with E-state index in [0.29, 0.717) is 0 Å². The Hall–Kier alpha value is 0.480. The van der Waals surface area contributed by atoms with Crippen LogP contribution in [0, 0.1) is 23.7 Å². The van der Waals surface area contributed by atoms with Gasteiger partial charge in [0.1, 0.15) is 0 Å². The third-order valence-electron chi connectivity index (χ3n) is 3.37. The summed E-state index contributed by atoms with van der Waals surface area (Å²) in [6, 6.07) is 0. The van der Waals surface area contributed by atoms with Gasteiger partial charge in [-0.1, -0.05) is 15.9 Å². The Kier molecular flexibility index (Phi) is 0.555. The van der Waals surface area contributed by atoms with E-state index in [2.05, 4.69) is 15.9 Å². The molecule has 0 nitrogen and oxygen atoms in total. The highest BCUT2D eigenvalue weighted by atomic mass is 79.9. The van der Waals surface area contributed by atoms with E-state index in [4.69, 9.17) is 0 Å². The summed E-state index contributed by atoms with van der Waals surface area (Å²) in [7, 11) is 0. The first-order chi connectivity index (χ1) is 3.88. The molecule has 5 atom stereocenters. The molecule has 1 heteroatoms. The first-order valence-electron chi connectivity index (χ1n) is 3.52. The zero-order valence-electron chi connectivity index (χ0n) is 4.68. The van der Waals surface area contributed by atoms with Crippen molar-refractivity contribution in [2.75, 3.05) is 0 Å². The number of hydrogen-bond donors (Lipinski definition) is 0. The monoisotopic (exact) mass is 172 g/mol. The molecule has 0 aliphatic heterocycles. The Labute approximate surface area is 57.8 Å². The average Bonchev–Trinajstić information content (AvgIpc) is 2.23. The third-order valence-corrected chi connectivity index (χ3v) is 4.72. The van der Waals surface area contributed by atoms with E-state index in [1.807, 2.05) is 0 Å². The molecule has 0 saturated heterocycles. The van der Waals surface area contributed by atoms with Crippen LogP contribution in [-0.4, -0.2) is 4.83 Å². The van der Waals surface area contributed by atoms with E-state index in [0.717, 1.165) is 16.7 Å². The molecule has 0 aromatic heterocycles. The molecule has 0 spiro atoms. The summed E-state index contributed by atoms with van der Waals surface area (Å²) in [6.07, 6.45) is 3.12. The lowest BCUT2D eigenvalue weighted by Crippen LogP contribution is -2.00. The van der Waals surface area contributed by atoms with Crippen LogP contribution in [0.2, 0.25) is 0 Å². The van der Waals surface area contributed by atoms with Gasteiger partial charge in [0, 0.05) is 4.83 Å². The molecule has 4 rings (SSSR count). The summed E-state index contributed by atoms with van der Waals surface area (Å²) >= 11 is 3.75. The van der Waals surface area contributed by atoms with E-state index >= 15 is 0 Å². The van der Waals surface area contributed by atoms with E-state index in [1.54, 1.807) is 12.8 Å². The Morgan fingerprint density at radius 2 is 1.75 bits per heavy atom. The van der Waals surface area contributed by atoms with Crippen LogP contribution >= 0.6 is 15.9 Å². The number of halogens is 1. The van der Waals surface area contributed by atoms with Crippen molar-refractivity contribution in [2.24, 2.45) is 23.7 Å². The van der Waals surface area contributed by atoms with Crippen molar-refractivity contribution in [3.63, 3.8) is 0 Å². The van der Waals surface area contributed by atoms with Crippen LogP contribution in [0.25, 0.3) is 0 Å². The SMILES string of the molecule is BrC1C2C[C@@H]3C1[C@@H]3C2. The molecule has 0 aromatic rings. The van der Waals surface area contributed by atoms with Crippen molar-refractivity contribution in [3.8, 4) is 0 Å². The molecular formula is C7H9Br. The lowest BCUT2D eigenvalue weighted by Gasteiger charge is -2.02. The zero-order chi connectivity index (χ0) is 5.30. The standard InChI is InChI=1S/C7H9Br/c8-7-3-1-4-5(2-3)6(4)7/h3-7H,1-2H2/t3?,4-,5+,6?,7?. The van der Waals surface area contributed by atoms with Crippen molar-refractivity contribution in [2.45, 2.75) is 17.7 Å². The maximum atomic E-state index is 3.75. The first kappa shape index (κ1) is 4.32. The summed E-state index contributed by atoms with van der Waals surface area (Å²) in [5.74, 6) is 4.60. The van der Waals surface area contributed by atoms with Gasteiger partial charge in [-0.15, -0.1) is 0 Å². The van der Waals surface area contributed by atoms with Gasteiger partial charge in [-0.05, 0) is 36.5 Å². The van der Waals surface area contributed by atoms with Crippen molar-refractivity contribution in [1.29, 1.82) is 0 Å². The second-order valence-corrected chi connectivity index (χ2v) is 4.64. The Morgan fingerprint density at radius 1 is 1.12 bits per heavy atom. The summed E-state index contributed by atoms with van der Waals surface area (Å²) in [5, 5.41) is 0. The molecule has 0 heterocycles. The summed E-state index contributed by atoms with van der Waals surface area (Å²) in [4.78, 5) is 0.942. The average molecular weight is 173 g/mol. The van der Waals surface area contributed by atoms with Gasteiger partial charge in [0.15, 0.2) is 0 Å². The fraction of sp³-hybridized carbons (Fsp3) is 1.00. The highest BCUT2D eigenvalue weighted by Crippen LogP contribution is 2.72. The Morgan fingerprint density at radius 3 is 1.88 bits per heavy atom. The molecule has 4 saturated carbocycles.